The number of rotatable bonds is 22. The minimum absolute atomic E-state index is 0.0696. The van der Waals surface area contributed by atoms with Gasteiger partial charge in [-0.25, -0.2) is 57.5 Å². The van der Waals surface area contributed by atoms with Crippen LogP contribution in [0.15, 0.2) is 212 Å². The lowest BCUT2D eigenvalue weighted by Gasteiger charge is -2.19. The van der Waals surface area contributed by atoms with Crippen molar-refractivity contribution in [1.82, 2.24) is 97.9 Å². The molecule has 0 aliphatic carbocycles. The van der Waals surface area contributed by atoms with Gasteiger partial charge in [-0.2, -0.15) is 9.97 Å². The molecule has 10 heterocycles. The van der Waals surface area contributed by atoms with E-state index in [9.17, 15) is 24.0 Å². The van der Waals surface area contributed by atoms with E-state index in [1.165, 1.54) is 67.2 Å². The minimum atomic E-state index is -0.253. The molecule has 134 heavy (non-hydrogen) atoms. The second-order valence-corrected chi connectivity index (χ2v) is 39.6. The molecule has 0 unspecified atom stereocenters. The van der Waals surface area contributed by atoms with Crippen molar-refractivity contribution in [3.05, 3.63) is 305 Å². The summed E-state index contributed by atoms with van der Waals surface area (Å²) in [6.07, 6.45) is 8.32. The van der Waals surface area contributed by atoms with Crippen molar-refractivity contribution in [2.45, 2.75) is 209 Å². The number of benzene rings is 7. The highest BCUT2D eigenvalue weighted by Crippen LogP contribution is 2.33. The number of unbranched alkanes of at least 4 members (excludes halogenated alkanes) is 4. The maximum atomic E-state index is 12.0. The van der Waals surface area contributed by atoms with Gasteiger partial charge in [0.25, 0.3) is 27.8 Å². The van der Waals surface area contributed by atoms with Gasteiger partial charge in [0.15, 0.2) is 45.9 Å². The SMILES string of the molecule is CC(C)(C)c1ccc(-c2nc(=S)n3[nH]c(=O)cc3[nH]2)cc1.CC(C)(C)c1ccc(-c2nc(N)n3[nH]c(=O)cc3n2)cc1.CCCCCc1nc(-c2ccc(C(C)(C)C)cc2)nc2cc(=O)[nH]n12.Cc1cc(OCCCCNc2nc(-c3ccc(C(C)(C)C)cc3)nc3cc(=O)[nH]n23)ccc1Cl.Cc1cc(OCCCCc2nc(-c3ccc(C(C)(C)C)cc3)nc3cc(=O)[nH]n23)ccc1Cl. The van der Waals surface area contributed by atoms with Crippen LogP contribution < -0.4 is 48.3 Å². The van der Waals surface area contributed by atoms with E-state index in [0.29, 0.717) is 94.3 Å². The average molecular weight is 1870 g/mol. The Morgan fingerprint density at radius 1 is 0.366 bits per heavy atom. The van der Waals surface area contributed by atoms with Crippen LogP contribution >= 0.6 is 35.4 Å². The predicted molar refractivity (Wildman–Crippen MR) is 538 cm³/mol. The first-order chi connectivity index (χ1) is 63.5. The second kappa shape index (κ2) is 41.6. The van der Waals surface area contributed by atoms with Gasteiger partial charge in [-0.1, -0.05) is 268 Å². The highest BCUT2D eigenvalue weighted by Gasteiger charge is 2.23. The molecule has 0 fully saturated rings. The van der Waals surface area contributed by atoms with Crippen molar-refractivity contribution in [1.29, 1.82) is 0 Å². The first-order valence-corrected chi connectivity index (χ1v) is 46.2. The first-order valence-electron chi connectivity index (χ1n) is 45.0. The molecule has 32 heteroatoms. The molecule has 7 aromatic carbocycles. The number of aromatic nitrogens is 20. The minimum Gasteiger partial charge on any atom is -0.494 e. The summed E-state index contributed by atoms with van der Waals surface area (Å²) in [6.45, 7) is 40.7. The Balaban J connectivity index is 0.000000144. The highest BCUT2D eigenvalue weighted by molar-refractivity contribution is 7.71. The summed E-state index contributed by atoms with van der Waals surface area (Å²) in [5, 5.41) is 18.3. The predicted octanol–water partition coefficient (Wildman–Crippen LogP) is 20.5. The molecule has 17 aromatic rings. The Morgan fingerprint density at radius 3 is 1.08 bits per heavy atom. The molecule has 9 N–H and O–H groups in total. The lowest BCUT2D eigenvalue weighted by molar-refractivity contribution is 0.306. The zero-order valence-electron chi connectivity index (χ0n) is 79.2. The number of nitrogens with zero attached hydrogens (tertiary/aromatic N) is 14. The topological polar surface area (TPSA) is 375 Å². The number of aryl methyl sites for hydroxylation is 4. The van der Waals surface area contributed by atoms with Gasteiger partial charge < -0.3 is 25.5 Å². The quantitative estimate of drug-likeness (QED) is 0.0231. The van der Waals surface area contributed by atoms with E-state index in [2.05, 4.69) is 254 Å². The van der Waals surface area contributed by atoms with Crippen LogP contribution in [0.3, 0.4) is 0 Å². The molecule has 698 valence electrons. The molecule has 0 atom stereocenters. The Labute approximate surface area is 791 Å². The number of hydrogen-bond donors (Lipinski definition) is 8. The van der Waals surface area contributed by atoms with Gasteiger partial charge in [-0.15, -0.1) is 0 Å². The summed E-state index contributed by atoms with van der Waals surface area (Å²) in [4.78, 5) is 102. The van der Waals surface area contributed by atoms with Crippen LogP contribution in [0.2, 0.25) is 10.0 Å². The molecule has 10 aromatic heterocycles. The van der Waals surface area contributed by atoms with Gasteiger partial charge in [0.1, 0.15) is 34.6 Å². The molecule has 0 aliphatic rings. The van der Waals surface area contributed by atoms with Gasteiger partial charge in [0.05, 0.1) is 13.2 Å². The van der Waals surface area contributed by atoms with Crippen LogP contribution in [-0.4, -0.2) is 118 Å². The highest BCUT2D eigenvalue weighted by atomic mass is 35.5. The summed E-state index contributed by atoms with van der Waals surface area (Å²) < 4.78 is 19.8. The number of nitrogen functional groups attached to an aromatic ring is 1. The van der Waals surface area contributed by atoms with Crippen molar-refractivity contribution >= 4 is 75.6 Å². The fraction of sp³-hybridized carbons (Fsp3) is 0.343. The van der Waals surface area contributed by atoms with Crippen molar-refractivity contribution < 1.29 is 9.47 Å². The molecule has 0 radical (unpaired) electrons. The van der Waals surface area contributed by atoms with Crippen molar-refractivity contribution in [3.8, 4) is 68.4 Å². The lowest BCUT2D eigenvalue weighted by Crippen LogP contribution is -2.13. The van der Waals surface area contributed by atoms with Crippen LogP contribution in [0, 0.1) is 18.6 Å². The third-order valence-corrected chi connectivity index (χ3v) is 23.6. The van der Waals surface area contributed by atoms with E-state index in [-0.39, 0.29) is 60.8 Å². The van der Waals surface area contributed by atoms with E-state index in [1.54, 1.807) is 13.5 Å². The third-order valence-electron chi connectivity index (χ3n) is 22.5. The van der Waals surface area contributed by atoms with E-state index >= 15 is 0 Å². The number of ether oxygens (including phenoxy) is 2. The van der Waals surface area contributed by atoms with E-state index in [4.69, 9.17) is 60.6 Å². The fourth-order valence-electron chi connectivity index (χ4n) is 14.6. The summed E-state index contributed by atoms with van der Waals surface area (Å²) >= 11 is 17.3. The molecule has 29 nitrogen and oxygen atoms in total. The summed E-state index contributed by atoms with van der Waals surface area (Å²) in [7, 11) is 0. The Kier molecular flexibility index (Phi) is 30.4. The maximum absolute atomic E-state index is 12.0. The largest absolute Gasteiger partial charge is 0.494 e. The average Bonchev–Trinajstić information content (AvgIpc) is 1.63. The molecule has 17 rings (SSSR count). The van der Waals surface area contributed by atoms with Crippen LogP contribution in [0.25, 0.3) is 85.2 Å². The monoisotopic (exact) mass is 1860 g/mol. The number of halogens is 2. The van der Waals surface area contributed by atoms with Crippen LogP contribution in [0.1, 0.15) is 206 Å². The van der Waals surface area contributed by atoms with Gasteiger partial charge in [-0.3, -0.25) is 49.5 Å². The summed E-state index contributed by atoms with van der Waals surface area (Å²) in [5.74, 6) is 7.05. The summed E-state index contributed by atoms with van der Waals surface area (Å²) in [5.41, 5.74) is 21.0. The van der Waals surface area contributed by atoms with Crippen molar-refractivity contribution in [3.63, 3.8) is 0 Å². The maximum Gasteiger partial charge on any atom is 0.266 e. The smallest absolute Gasteiger partial charge is 0.266 e. The molecular weight excluding hydrogens is 1750 g/mol. The van der Waals surface area contributed by atoms with Gasteiger partial charge >= 0.3 is 0 Å². The number of nitrogens with one attached hydrogen (secondary N) is 7. The van der Waals surface area contributed by atoms with E-state index in [1.807, 2.05) is 98.8 Å². The summed E-state index contributed by atoms with van der Waals surface area (Å²) in [6, 6.07) is 59.9. The van der Waals surface area contributed by atoms with E-state index < -0.39 is 0 Å². The number of hydrogen-bond acceptors (Lipinski definition) is 19. The Bertz CT molecular complexity index is 7350. The van der Waals surface area contributed by atoms with Crippen molar-refractivity contribution in [2.24, 2.45) is 0 Å². The molecule has 0 saturated carbocycles. The van der Waals surface area contributed by atoms with E-state index in [0.717, 1.165) is 124 Å². The zero-order chi connectivity index (χ0) is 96.3. The molecule has 0 saturated heterocycles. The fourth-order valence-corrected chi connectivity index (χ4v) is 15.0. The molecule has 0 amide bonds. The number of fused-ring (bicyclic) bond motifs is 5. The Morgan fingerprint density at radius 2 is 0.694 bits per heavy atom. The van der Waals surface area contributed by atoms with Crippen LogP contribution in [-0.2, 0) is 39.9 Å². The molecule has 0 aliphatic heterocycles. The van der Waals surface area contributed by atoms with Crippen LogP contribution in [0.5, 0.6) is 11.5 Å². The normalized spacial score (nSPS) is 11.9. The molecule has 0 bridgehead atoms. The Hall–Kier alpha value is -13.7. The third kappa shape index (κ3) is 25.2. The van der Waals surface area contributed by atoms with Gasteiger partial charge in [0.2, 0.25) is 16.7 Å². The number of anilines is 2. The van der Waals surface area contributed by atoms with Gasteiger partial charge in [0, 0.05) is 87.6 Å². The zero-order valence-corrected chi connectivity index (χ0v) is 81.6. The number of H-pyrrole nitrogens is 6. The molecule has 0 spiro atoms. The van der Waals surface area contributed by atoms with Gasteiger partial charge in [-0.05, 0) is 161 Å². The van der Waals surface area contributed by atoms with Crippen LogP contribution in [0.4, 0.5) is 11.9 Å². The number of nitrogens with two attached hydrogens (primary N) is 1. The molecular formula is C102H118Cl2N22O7S. The van der Waals surface area contributed by atoms with Crippen molar-refractivity contribution in [2.75, 3.05) is 30.8 Å². The first kappa shape index (κ1) is 97.8. The standard InChI is InChI=1S/C26H30ClN5O2.C26H29ClN4O2.C20H26N4O.C15H17N5O.C15H16N4OS/c1-17-15-20(11-12-21(17)27)34-14-6-5-13-28-25-30-24(29-22-16-23(33)31-32(22)25)18-7-9-19(10-8-18)26(2,3)4;1-17-15-20(12-13-21(17)27)33-14-6-5-7-22-28-25(29-23-16-24(32)30-31(22)23)18-8-10-19(11-9-18)26(2,3)4;1-5-6-7-8-16-21-19(22-17-13-18(25)23-24(16)17)14-9-11-15(12-10-14)20(2,3)4;1-15(2,3)10-6-4-9(5-7-10)13-17-11-8-12(21)19-20(11)14(16)18-13;1-15(2,3)10-6-4-9(5-7-10)13-16-11-8-12(20)18-19(11)14(21)17-13/h7-12,15-16H,5-6,13-14H2,1-4H3,(H,31,33)(H,28,29,30);8-13,15-16H,5-7,14H2,1-4H3,(H,30,32);9-13H,5-8H2,1-4H3,(H,23,25);4-8H,1-3H3,(H,19,21)(H2,16,17,18);4-8H,1-3H3,(H,18,20)(H,16,17,21). The number of aromatic amines is 6. The second-order valence-electron chi connectivity index (χ2n) is 38.4. The lowest BCUT2D eigenvalue weighted by atomic mass is 9.86.